The third-order valence-electron chi connectivity index (χ3n) is 3.77. The maximum absolute atomic E-state index is 13.2. The summed E-state index contributed by atoms with van der Waals surface area (Å²) < 4.78 is 13.2. The second-order valence-electron chi connectivity index (χ2n) is 6.03. The molecule has 0 saturated heterocycles. The van der Waals surface area contributed by atoms with E-state index in [0.29, 0.717) is 11.3 Å². The van der Waals surface area contributed by atoms with Gasteiger partial charge in [0, 0.05) is 16.7 Å². The fourth-order valence-corrected chi connectivity index (χ4v) is 2.09. The van der Waals surface area contributed by atoms with Crippen LogP contribution in [0.25, 0.3) is 0 Å². The summed E-state index contributed by atoms with van der Waals surface area (Å²) in [6, 6.07) is 11.3. The molecule has 0 unspecified atom stereocenters. The van der Waals surface area contributed by atoms with Crippen molar-refractivity contribution in [3.05, 3.63) is 65.0 Å². The second kappa shape index (κ2) is 6.28. The molecule has 0 aliphatic heterocycles. The number of hydrogen-bond donors (Lipinski definition) is 2. The fraction of sp³-hybridized carbons (Fsp3) is 0.278. The molecule has 2 aromatic carbocycles. The van der Waals surface area contributed by atoms with Crippen LogP contribution in [0.3, 0.4) is 0 Å². The van der Waals surface area contributed by atoms with Crippen molar-refractivity contribution in [3.63, 3.8) is 0 Å². The number of nitrogens with one attached hydrogen (secondary N) is 1. The number of rotatable bonds is 4. The van der Waals surface area contributed by atoms with Crippen LogP contribution >= 0.6 is 0 Å². The van der Waals surface area contributed by atoms with Gasteiger partial charge in [0.05, 0.1) is 6.61 Å². The molecule has 0 atom stereocenters. The van der Waals surface area contributed by atoms with Crippen molar-refractivity contribution in [2.75, 3.05) is 11.9 Å². The van der Waals surface area contributed by atoms with E-state index in [2.05, 4.69) is 5.32 Å². The molecule has 0 spiro atoms. The highest BCUT2D eigenvalue weighted by Crippen LogP contribution is 2.23. The summed E-state index contributed by atoms with van der Waals surface area (Å²) in [6.45, 7) is 5.69. The Kier molecular flexibility index (Phi) is 4.62. The van der Waals surface area contributed by atoms with Crippen LogP contribution in [0.15, 0.2) is 42.5 Å². The Morgan fingerprint density at radius 1 is 1.18 bits per heavy atom. The van der Waals surface area contributed by atoms with Crippen LogP contribution in [0, 0.1) is 12.7 Å². The van der Waals surface area contributed by atoms with Crippen molar-refractivity contribution in [1.29, 1.82) is 0 Å². The zero-order valence-electron chi connectivity index (χ0n) is 13.0. The average molecular weight is 301 g/mol. The molecule has 0 aliphatic carbocycles. The molecule has 2 aromatic rings. The zero-order valence-corrected chi connectivity index (χ0v) is 13.0. The van der Waals surface area contributed by atoms with Crippen molar-refractivity contribution in [3.8, 4) is 0 Å². The molecular weight excluding hydrogens is 281 g/mol. The standard InChI is InChI=1S/C18H20FNO2/c1-12-4-9-15(19)10-16(12)20-17(22)13-5-7-14(8-6-13)18(2,3)11-21/h4-10,21H,11H2,1-3H3,(H,20,22). The van der Waals surface area contributed by atoms with E-state index in [1.807, 2.05) is 32.9 Å². The highest BCUT2D eigenvalue weighted by Gasteiger charge is 2.19. The molecule has 0 saturated carbocycles. The number of benzene rings is 2. The SMILES string of the molecule is Cc1ccc(F)cc1NC(=O)c1ccc(C(C)(C)CO)cc1. The third-order valence-corrected chi connectivity index (χ3v) is 3.77. The maximum atomic E-state index is 13.2. The highest BCUT2D eigenvalue weighted by atomic mass is 19.1. The lowest BCUT2D eigenvalue weighted by Gasteiger charge is -2.22. The number of amides is 1. The van der Waals surface area contributed by atoms with Crippen molar-refractivity contribution in [1.82, 2.24) is 0 Å². The topological polar surface area (TPSA) is 49.3 Å². The average Bonchev–Trinajstić information content (AvgIpc) is 2.51. The predicted molar refractivity (Wildman–Crippen MR) is 85.6 cm³/mol. The maximum Gasteiger partial charge on any atom is 0.255 e. The van der Waals surface area contributed by atoms with E-state index in [1.54, 1.807) is 18.2 Å². The van der Waals surface area contributed by atoms with Crippen molar-refractivity contribution < 1.29 is 14.3 Å². The third kappa shape index (κ3) is 3.52. The van der Waals surface area contributed by atoms with Crippen LogP contribution in [-0.4, -0.2) is 17.6 Å². The van der Waals surface area contributed by atoms with Crippen LogP contribution in [0.2, 0.25) is 0 Å². The molecule has 22 heavy (non-hydrogen) atoms. The first-order chi connectivity index (χ1) is 10.3. The number of halogens is 1. The quantitative estimate of drug-likeness (QED) is 0.905. The van der Waals surface area contributed by atoms with Gasteiger partial charge in [-0.3, -0.25) is 4.79 Å². The van der Waals surface area contributed by atoms with Gasteiger partial charge >= 0.3 is 0 Å². The first-order valence-corrected chi connectivity index (χ1v) is 7.12. The summed E-state index contributed by atoms with van der Waals surface area (Å²) in [4.78, 5) is 12.2. The van der Waals surface area contributed by atoms with E-state index in [-0.39, 0.29) is 23.7 Å². The Hall–Kier alpha value is -2.20. The van der Waals surface area contributed by atoms with Crippen LogP contribution in [0.1, 0.15) is 35.3 Å². The van der Waals surface area contributed by atoms with E-state index in [1.165, 1.54) is 12.1 Å². The van der Waals surface area contributed by atoms with Gasteiger partial charge in [0.15, 0.2) is 0 Å². The molecule has 0 aliphatic rings. The molecule has 2 rings (SSSR count). The zero-order chi connectivity index (χ0) is 16.3. The lowest BCUT2D eigenvalue weighted by atomic mass is 9.85. The molecule has 0 heterocycles. The summed E-state index contributed by atoms with van der Waals surface area (Å²) in [5.74, 6) is -0.678. The number of aliphatic hydroxyl groups excluding tert-OH is 1. The normalized spacial score (nSPS) is 11.3. The van der Waals surface area contributed by atoms with Gasteiger partial charge in [-0.2, -0.15) is 0 Å². The Balaban J connectivity index is 2.18. The van der Waals surface area contributed by atoms with Crippen molar-refractivity contribution in [2.45, 2.75) is 26.2 Å². The first-order valence-electron chi connectivity index (χ1n) is 7.12. The van der Waals surface area contributed by atoms with Crippen molar-refractivity contribution >= 4 is 11.6 Å². The molecule has 0 radical (unpaired) electrons. The molecule has 0 bridgehead atoms. The monoisotopic (exact) mass is 301 g/mol. The Morgan fingerprint density at radius 2 is 1.82 bits per heavy atom. The van der Waals surface area contributed by atoms with Crippen LogP contribution in [0.5, 0.6) is 0 Å². The molecule has 3 nitrogen and oxygen atoms in total. The van der Waals surface area contributed by atoms with Crippen LogP contribution in [0.4, 0.5) is 10.1 Å². The van der Waals surface area contributed by atoms with E-state index in [9.17, 15) is 14.3 Å². The van der Waals surface area contributed by atoms with Crippen LogP contribution in [-0.2, 0) is 5.41 Å². The van der Waals surface area contributed by atoms with Gasteiger partial charge in [-0.25, -0.2) is 4.39 Å². The van der Waals surface area contributed by atoms with Gasteiger partial charge in [-0.1, -0.05) is 32.0 Å². The highest BCUT2D eigenvalue weighted by molar-refractivity contribution is 6.04. The van der Waals surface area contributed by atoms with Gasteiger partial charge in [0.2, 0.25) is 0 Å². The van der Waals surface area contributed by atoms with Gasteiger partial charge in [-0.05, 0) is 42.3 Å². The minimum atomic E-state index is -0.388. The van der Waals surface area contributed by atoms with Gasteiger partial charge in [0.1, 0.15) is 5.82 Å². The molecule has 2 N–H and O–H groups in total. The lowest BCUT2D eigenvalue weighted by Crippen LogP contribution is -2.22. The summed E-state index contributed by atoms with van der Waals surface area (Å²) in [5.41, 5.74) is 2.35. The molecule has 0 aromatic heterocycles. The van der Waals surface area contributed by atoms with E-state index in [0.717, 1.165) is 11.1 Å². The van der Waals surface area contributed by atoms with Crippen LogP contribution < -0.4 is 5.32 Å². The second-order valence-corrected chi connectivity index (χ2v) is 6.03. The number of carbonyl (C=O) groups excluding carboxylic acids is 1. The smallest absolute Gasteiger partial charge is 0.255 e. The molecule has 1 amide bonds. The minimum Gasteiger partial charge on any atom is -0.395 e. The Morgan fingerprint density at radius 3 is 2.41 bits per heavy atom. The van der Waals surface area contributed by atoms with Gasteiger partial charge in [-0.15, -0.1) is 0 Å². The van der Waals surface area contributed by atoms with Gasteiger partial charge < -0.3 is 10.4 Å². The summed E-state index contributed by atoms with van der Waals surface area (Å²) in [7, 11) is 0. The van der Waals surface area contributed by atoms with Crippen molar-refractivity contribution in [2.24, 2.45) is 0 Å². The Labute approximate surface area is 129 Å². The van der Waals surface area contributed by atoms with E-state index < -0.39 is 0 Å². The molecule has 4 heteroatoms. The number of hydrogen-bond acceptors (Lipinski definition) is 2. The number of aliphatic hydroxyl groups is 1. The van der Waals surface area contributed by atoms with E-state index >= 15 is 0 Å². The summed E-state index contributed by atoms with van der Waals surface area (Å²) in [6.07, 6.45) is 0. The largest absolute Gasteiger partial charge is 0.395 e. The molecule has 116 valence electrons. The number of carbonyl (C=O) groups is 1. The molecule has 0 fully saturated rings. The lowest BCUT2D eigenvalue weighted by molar-refractivity contribution is 0.102. The first kappa shape index (κ1) is 16.2. The van der Waals surface area contributed by atoms with E-state index in [4.69, 9.17) is 0 Å². The molecular formula is C18H20FNO2. The Bertz CT molecular complexity index is 678. The number of anilines is 1. The number of aryl methyl sites for hydroxylation is 1. The van der Waals surface area contributed by atoms with Gasteiger partial charge in [0.25, 0.3) is 5.91 Å². The minimum absolute atomic E-state index is 0.0288. The fourth-order valence-electron chi connectivity index (χ4n) is 2.09. The summed E-state index contributed by atoms with van der Waals surface area (Å²) in [5, 5.41) is 12.1. The summed E-state index contributed by atoms with van der Waals surface area (Å²) >= 11 is 0. The predicted octanol–water partition coefficient (Wildman–Crippen LogP) is 3.66.